The van der Waals surface area contributed by atoms with E-state index in [9.17, 15) is 4.79 Å². The van der Waals surface area contributed by atoms with Crippen LogP contribution >= 0.6 is 11.6 Å². The number of nitrogens with one attached hydrogen (secondary N) is 1. The van der Waals surface area contributed by atoms with Crippen molar-refractivity contribution < 1.29 is 4.79 Å². The number of hydrogen-bond donors (Lipinski definition) is 1. The van der Waals surface area contributed by atoms with E-state index in [0.29, 0.717) is 11.6 Å². The number of carbonyl (C=O) groups excluding carboxylic acids is 1. The van der Waals surface area contributed by atoms with Gasteiger partial charge in [-0.05, 0) is 42.8 Å². The third-order valence-corrected chi connectivity index (χ3v) is 3.76. The first-order valence-electron chi connectivity index (χ1n) is 7.40. The summed E-state index contributed by atoms with van der Waals surface area (Å²) < 4.78 is 0. The fourth-order valence-electron chi connectivity index (χ4n) is 2.28. The Morgan fingerprint density at radius 2 is 1.91 bits per heavy atom. The SMILES string of the molecule is CCN(CC(=O)Nc1ccc(Cl)cc1C)Cc1ccccc1. The van der Waals surface area contributed by atoms with Crippen molar-refractivity contribution in [2.24, 2.45) is 0 Å². The zero-order valence-electron chi connectivity index (χ0n) is 13.0. The van der Waals surface area contributed by atoms with Crippen molar-refractivity contribution in [3.8, 4) is 0 Å². The molecule has 0 heterocycles. The summed E-state index contributed by atoms with van der Waals surface area (Å²) in [5, 5.41) is 3.62. The largest absolute Gasteiger partial charge is 0.325 e. The van der Waals surface area contributed by atoms with Crippen LogP contribution in [0.3, 0.4) is 0 Å². The Bertz CT molecular complexity index is 628. The molecule has 0 saturated heterocycles. The number of amides is 1. The van der Waals surface area contributed by atoms with E-state index in [1.54, 1.807) is 6.07 Å². The number of rotatable bonds is 6. The first kappa shape index (κ1) is 16.5. The van der Waals surface area contributed by atoms with E-state index in [1.807, 2.05) is 37.3 Å². The van der Waals surface area contributed by atoms with E-state index in [0.717, 1.165) is 24.3 Å². The maximum atomic E-state index is 12.2. The Hall–Kier alpha value is -1.84. The lowest BCUT2D eigenvalue weighted by Crippen LogP contribution is -2.32. The highest BCUT2D eigenvalue weighted by Crippen LogP contribution is 2.19. The molecule has 2 rings (SSSR count). The molecule has 0 aromatic heterocycles. The van der Waals surface area contributed by atoms with Crippen molar-refractivity contribution >= 4 is 23.2 Å². The number of carbonyl (C=O) groups is 1. The van der Waals surface area contributed by atoms with Crippen LogP contribution in [-0.4, -0.2) is 23.9 Å². The molecule has 0 fully saturated rings. The van der Waals surface area contributed by atoms with Gasteiger partial charge >= 0.3 is 0 Å². The van der Waals surface area contributed by atoms with Gasteiger partial charge in [0, 0.05) is 17.3 Å². The van der Waals surface area contributed by atoms with Crippen LogP contribution in [0.5, 0.6) is 0 Å². The number of aryl methyl sites for hydroxylation is 1. The lowest BCUT2D eigenvalue weighted by atomic mass is 10.2. The highest BCUT2D eigenvalue weighted by molar-refractivity contribution is 6.30. The van der Waals surface area contributed by atoms with Crippen LogP contribution < -0.4 is 5.32 Å². The summed E-state index contributed by atoms with van der Waals surface area (Å²) in [6.07, 6.45) is 0. The topological polar surface area (TPSA) is 32.3 Å². The minimum atomic E-state index is -0.0109. The van der Waals surface area contributed by atoms with Gasteiger partial charge in [0.2, 0.25) is 5.91 Å². The second-order valence-corrected chi connectivity index (χ2v) is 5.73. The van der Waals surface area contributed by atoms with Crippen molar-refractivity contribution in [1.82, 2.24) is 4.90 Å². The monoisotopic (exact) mass is 316 g/mol. The molecule has 3 nitrogen and oxygen atoms in total. The van der Waals surface area contributed by atoms with E-state index in [4.69, 9.17) is 11.6 Å². The van der Waals surface area contributed by atoms with Crippen LogP contribution in [0.15, 0.2) is 48.5 Å². The molecule has 0 unspecified atom stereocenters. The van der Waals surface area contributed by atoms with Crippen LogP contribution in [0.4, 0.5) is 5.69 Å². The van der Waals surface area contributed by atoms with Crippen LogP contribution in [0, 0.1) is 6.92 Å². The van der Waals surface area contributed by atoms with Crippen molar-refractivity contribution in [1.29, 1.82) is 0 Å². The molecule has 0 spiro atoms. The number of benzene rings is 2. The lowest BCUT2D eigenvalue weighted by Gasteiger charge is -2.20. The third kappa shape index (κ3) is 4.86. The van der Waals surface area contributed by atoms with Gasteiger partial charge in [0.1, 0.15) is 0 Å². The predicted octanol–water partition coefficient (Wildman–Crippen LogP) is 4.11. The standard InChI is InChI=1S/C18H21ClN2O/c1-3-21(12-15-7-5-4-6-8-15)13-18(22)20-17-10-9-16(19)11-14(17)2/h4-11H,3,12-13H2,1-2H3,(H,20,22). The van der Waals surface area contributed by atoms with Gasteiger partial charge in [-0.25, -0.2) is 0 Å². The summed E-state index contributed by atoms with van der Waals surface area (Å²) in [5.41, 5.74) is 2.98. The molecule has 22 heavy (non-hydrogen) atoms. The van der Waals surface area contributed by atoms with Crippen LogP contribution in [0.1, 0.15) is 18.1 Å². The Balaban J connectivity index is 1.94. The highest BCUT2D eigenvalue weighted by Gasteiger charge is 2.11. The minimum absolute atomic E-state index is 0.0109. The molecule has 2 aromatic carbocycles. The molecule has 2 aromatic rings. The van der Waals surface area contributed by atoms with Crippen molar-refractivity contribution in [3.63, 3.8) is 0 Å². The van der Waals surface area contributed by atoms with E-state index in [2.05, 4.69) is 29.3 Å². The predicted molar refractivity (Wildman–Crippen MR) is 92.2 cm³/mol. The van der Waals surface area contributed by atoms with Gasteiger partial charge in [-0.2, -0.15) is 0 Å². The summed E-state index contributed by atoms with van der Waals surface area (Å²) in [5.74, 6) is -0.0109. The molecule has 4 heteroatoms. The Labute approximate surface area is 136 Å². The zero-order valence-corrected chi connectivity index (χ0v) is 13.7. The Kier molecular flexibility index (Phi) is 5.99. The second-order valence-electron chi connectivity index (χ2n) is 5.30. The summed E-state index contributed by atoms with van der Waals surface area (Å²) in [6.45, 7) is 5.95. The quantitative estimate of drug-likeness (QED) is 0.870. The maximum Gasteiger partial charge on any atom is 0.238 e. The second kappa shape index (κ2) is 7.97. The van der Waals surface area contributed by atoms with Gasteiger partial charge in [-0.15, -0.1) is 0 Å². The first-order valence-corrected chi connectivity index (χ1v) is 7.78. The third-order valence-electron chi connectivity index (χ3n) is 3.53. The number of likely N-dealkylation sites (N-methyl/N-ethyl adjacent to an activating group) is 1. The highest BCUT2D eigenvalue weighted by atomic mass is 35.5. The average Bonchev–Trinajstić information content (AvgIpc) is 2.50. The fourth-order valence-corrected chi connectivity index (χ4v) is 2.51. The fraction of sp³-hybridized carbons (Fsp3) is 0.278. The van der Waals surface area contributed by atoms with Gasteiger partial charge in [0.05, 0.1) is 6.54 Å². The maximum absolute atomic E-state index is 12.2. The summed E-state index contributed by atoms with van der Waals surface area (Å²) in [7, 11) is 0. The van der Waals surface area contributed by atoms with Crippen molar-refractivity contribution in [2.75, 3.05) is 18.4 Å². The number of anilines is 1. The molecule has 0 radical (unpaired) electrons. The van der Waals surface area contributed by atoms with Gasteiger partial charge in [0.15, 0.2) is 0 Å². The van der Waals surface area contributed by atoms with Gasteiger partial charge in [0.25, 0.3) is 0 Å². The van der Waals surface area contributed by atoms with Gasteiger partial charge in [-0.3, -0.25) is 9.69 Å². The first-order chi connectivity index (χ1) is 10.6. The summed E-state index contributed by atoms with van der Waals surface area (Å²) in [6, 6.07) is 15.6. The molecule has 0 bridgehead atoms. The molecular formula is C18H21ClN2O. The zero-order chi connectivity index (χ0) is 15.9. The molecule has 0 aliphatic carbocycles. The van der Waals surface area contributed by atoms with Crippen LogP contribution in [-0.2, 0) is 11.3 Å². The van der Waals surface area contributed by atoms with Gasteiger partial charge < -0.3 is 5.32 Å². The van der Waals surface area contributed by atoms with Crippen LogP contribution in [0.2, 0.25) is 5.02 Å². The molecular weight excluding hydrogens is 296 g/mol. The lowest BCUT2D eigenvalue weighted by molar-refractivity contribution is -0.117. The minimum Gasteiger partial charge on any atom is -0.325 e. The van der Waals surface area contributed by atoms with Crippen LogP contribution in [0.25, 0.3) is 0 Å². The van der Waals surface area contributed by atoms with E-state index >= 15 is 0 Å². The number of hydrogen-bond acceptors (Lipinski definition) is 2. The van der Waals surface area contributed by atoms with Crippen molar-refractivity contribution in [2.45, 2.75) is 20.4 Å². The number of nitrogens with zero attached hydrogens (tertiary/aromatic N) is 1. The van der Waals surface area contributed by atoms with E-state index in [-0.39, 0.29) is 5.91 Å². The van der Waals surface area contributed by atoms with Gasteiger partial charge in [-0.1, -0.05) is 48.9 Å². The summed E-state index contributed by atoms with van der Waals surface area (Å²) in [4.78, 5) is 14.3. The molecule has 1 N–H and O–H groups in total. The molecule has 1 amide bonds. The molecule has 0 atom stereocenters. The van der Waals surface area contributed by atoms with E-state index < -0.39 is 0 Å². The number of halogens is 1. The molecule has 0 aliphatic heterocycles. The summed E-state index contributed by atoms with van der Waals surface area (Å²) >= 11 is 5.93. The molecule has 116 valence electrons. The Morgan fingerprint density at radius 1 is 1.18 bits per heavy atom. The smallest absolute Gasteiger partial charge is 0.238 e. The van der Waals surface area contributed by atoms with E-state index in [1.165, 1.54) is 5.56 Å². The Morgan fingerprint density at radius 3 is 2.55 bits per heavy atom. The molecule has 0 aliphatic rings. The normalized spacial score (nSPS) is 10.7. The molecule has 0 saturated carbocycles. The van der Waals surface area contributed by atoms with Crippen molar-refractivity contribution in [3.05, 3.63) is 64.7 Å². The average molecular weight is 317 g/mol.